The molecule has 0 aromatic heterocycles. The molecule has 0 bridgehead atoms. The predicted octanol–water partition coefficient (Wildman–Crippen LogP) is 4.71. The van der Waals surface area contributed by atoms with E-state index >= 15 is 0 Å². The number of piperazine rings is 1. The first-order valence-electron chi connectivity index (χ1n) is 12.0. The monoisotopic (exact) mass is 466 g/mol. The van der Waals surface area contributed by atoms with Crippen LogP contribution in [0.15, 0.2) is 60.3 Å². The van der Waals surface area contributed by atoms with Crippen LogP contribution >= 0.6 is 11.6 Å². The molecule has 176 valence electrons. The zero-order valence-electron chi connectivity index (χ0n) is 19.9. The van der Waals surface area contributed by atoms with E-state index in [0.29, 0.717) is 6.54 Å². The van der Waals surface area contributed by atoms with E-state index < -0.39 is 0 Å². The van der Waals surface area contributed by atoms with Gasteiger partial charge in [0.2, 0.25) is 5.91 Å². The van der Waals surface area contributed by atoms with Crippen molar-refractivity contribution in [2.75, 3.05) is 49.1 Å². The number of nitrogens with zero attached hydrogens (tertiary/aromatic N) is 3. The number of carbonyl (C=O) groups is 1. The van der Waals surface area contributed by atoms with Crippen molar-refractivity contribution >= 4 is 28.9 Å². The van der Waals surface area contributed by atoms with Gasteiger partial charge in [-0.15, -0.1) is 0 Å². The van der Waals surface area contributed by atoms with Crippen LogP contribution in [0.25, 0.3) is 0 Å². The van der Waals surface area contributed by atoms with Crippen LogP contribution in [-0.2, 0) is 4.79 Å². The van der Waals surface area contributed by atoms with E-state index in [-0.39, 0.29) is 17.9 Å². The molecule has 1 fully saturated rings. The molecule has 1 amide bonds. The van der Waals surface area contributed by atoms with E-state index in [1.807, 2.05) is 30.3 Å². The molecule has 0 spiro atoms. The molecule has 5 nitrogen and oxygen atoms in total. The summed E-state index contributed by atoms with van der Waals surface area (Å²) in [4.78, 5) is 20.0. The number of para-hydroxylation sites is 1. The molecule has 2 unspecified atom stereocenters. The molecular weight excluding hydrogens is 432 g/mol. The Morgan fingerprint density at radius 3 is 2.48 bits per heavy atom. The van der Waals surface area contributed by atoms with Gasteiger partial charge < -0.3 is 15.1 Å². The number of amides is 1. The summed E-state index contributed by atoms with van der Waals surface area (Å²) in [6.07, 6.45) is 3.07. The highest BCUT2D eigenvalue weighted by atomic mass is 35.5. The fourth-order valence-corrected chi connectivity index (χ4v) is 5.24. The van der Waals surface area contributed by atoms with Crippen LogP contribution in [0.4, 0.5) is 11.4 Å². The average Bonchev–Trinajstić information content (AvgIpc) is 3.13. The lowest BCUT2D eigenvalue weighted by Gasteiger charge is -2.37. The van der Waals surface area contributed by atoms with E-state index in [4.69, 9.17) is 11.6 Å². The number of benzene rings is 2. The number of halogens is 1. The second-order valence-electron chi connectivity index (χ2n) is 9.14. The molecule has 0 aliphatic carbocycles. The first kappa shape index (κ1) is 23.7. The minimum Gasteiger partial charge on any atom is -0.369 e. The predicted molar refractivity (Wildman–Crippen MR) is 138 cm³/mol. The number of hydrogen-bond donors (Lipinski definition) is 1. The third-order valence-corrected chi connectivity index (χ3v) is 7.38. The van der Waals surface area contributed by atoms with Gasteiger partial charge in [0, 0.05) is 60.9 Å². The summed E-state index contributed by atoms with van der Waals surface area (Å²) in [6.45, 7) is 12.1. The van der Waals surface area contributed by atoms with Crippen LogP contribution in [-0.4, -0.2) is 56.1 Å². The van der Waals surface area contributed by atoms with E-state index in [9.17, 15) is 4.79 Å². The van der Waals surface area contributed by atoms with Gasteiger partial charge in [-0.1, -0.05) is 41.9 Å². The lowest BCUT2D eigenvalue weighted by Crippen LogP contribution is -2.47. The number of anilines is 2. The minimum atomic E-state index is -0.116. The quantitative estimate of drug-likeness (QED) is 0.600. The SMILES string of the molecule is CC1=CC(C(=O)NCCCN2CCN(c3cccc(Cl)c3C)CC2)C(C)N1c1ccccc1. The molecule has 33 heavy (non-hydrogen) atoms. The zero-order valence-corrected chi connectivity index (χ0v) is 20.7. The van der Waals surface area contributed by atoms with Gasteiger partial charge in [0.25, 0.3) is 0 Å². The zero-order chi connectivity index (χ0) is 23.4. The summed E-state index contributed by atoms with van der Waals surface area (Å²) < 4.78 is 0. The number of rotatable bonds is 7. The number of nitrogens with one attached hydrogen (secondary N) is 1. The normalized spacial score (nSPS) is 21.3. The second kappa shape index (κ2) is 10.6. The van der Waals surface area contributed by atoms with Gasteiger partial charge in [-0.05, 0) is 63.6 Å². The van der Waals surface area contributed by atoms with E-state index in [1.165, 1.54) is 5.69 Å². The Bertz CT molecular complexity index is 985. The number of allylic oxidation sites excluding steroid dienone is 1. The Hall–Kier alpha value is -2.50. The molecule has 0 radical (unpaired) electrons. The maximum Gasteiger partial charge on any atom is 0.229 e. The van der Waals surface area contributed by atoms with Crippen LogP contribution < -0.4 is 15.1 Å². The highest BCUT2D eigenvalue weighted by Gasteiger charge is 2.34. The van der Waals surface area contributed by atoms with Crippen molar-refractivity contribution in [3.63, 3.8) is 0 Å². The average molecular weight is 467 g/mol. The first-order valence-corrected chi connectivity index (χ1v) is 12.4. The highest BCUT2D eigenvalue weighted by molar-refractivity contribution is 6.31. The third kappa shape index (κ3) is 5.36. The van der Waals surface area contributed by atoms with Gasteiger partial charge >= 0.3 is 0 Å². The van der Waals surface area contributed by atoms with Crippen molar-refractivity contribution in [3.8, 4) is 0 Å². The van der Waals surface area contributed by atoms with Crippen molar-refractivity contribution in [1.29, 1.82) is 0 Å². The lowest BCUT2D eigenvalue weighted by molar-refractivity contribution is -0.123. The van der Waals surface area contributed by atoms with E-state index in [2.05, 4.69) is 65.1 Å². The summed E-state index contributed by atoms with van der Waals surface area (Å²) in [5.41, 5.74) is 4.68. The summed E-state index contributed by atoms with van der Waals surface area (Å²) in [6, 6.07) is 16.6. The fourth-order valence-electron chi connectivity index (χ4n) is 5.07. The number of carbonyl (C=O) groups excluding carboxylic acids is 1. The molecule has 2 atom stereocenters. The lowest BCUT2D eigenvalue weighted by atomic mass is 10.0. The highest BCUT2D eigenvalue weighted by Crippen LogP contribution is 2.32. The van der Waals surface area contributed by atoms with Crippen molar-refractivity contribution in [2.24, 2.45) is 5.92 Å². The largest absolute Gasteiger partial charge is 0.369 e. The molecule has 2 aliphatic rings. The summed E-state index contributed by atoms with van der Waals surface area (Å²) >= 11 is 6.30. The van der Waals surface area contributed by atoms with E-state index in [0.717, 1.165) is 61.1 Å². The maximum absolute atomic E-state index is 12.9. The smallest absolute Gasteiger partial charge is 0.229 e. The second-order valence-corrected chi connectivity index (χ2v) is 9.54. The Balaban J connectivity index is 1.19. The first-order chi connectivity index (χ1) is 16.0. The maximum atomic E-state index is 12.9. The standard InChI is InChI=1S/C27H35ClN4O/c1-20-19-24(22(3)32(20)23-9-5-4-6-10-23)27(33)29-13-8-14-30-15-17-31(18-16-30)26-12-7-11-25(28)21(26)2/h4-7,9-12,19,22,24H,8,13-18H2,1-3H3,(H,29,33). The van der Waals surface area contributed by atoms with Crippen LogP contribution in [0.2, 0.25) is 5.02 Å². The molecular formula is C27H35ClN4O. The topological polar surface area (TPSA) is 38.8 Å². The third-order valence-electron chi connectivity index (χ3n) is 6.97. The van der Waals surface area contributed by atoms with Crippen LogP contribution in [0, 0.1) is 12.8 Å². The molecule has 1 saturated heterocycles. The molecule has 4 rings (SSSR count). The van der Waals surface area contributed by atoms with Gasteiger partial charge in [-0.2, -0.15) is 0 Å². The fraction of sp³-hybridized carbons (Fsp3) is 0.444. The van der Waals surface area contributed by atoms with Crippen molar-refractivity contribution in [1.82, 2.24) is 10.2 Å². The molecule has 2 aromatic carbocycles. The summed E-state index contributed by atoms with van der Waals surface area (Å²) in [7, 11) is 0. The summed E-state index contributed by atoms with van der Waals surface area (Å²) in [5, 5.41) is 4.01. The minimum absolute atomic E-state index is 0.116. The van der Waals surface area contributed by atoms with Gasteiger partial charge in [0.05, 0.1) is 5.92 Å². The molecule has 0 saturated carbocycles. The molecule has 2 heterocycles. The van der Waals surface area contributed by atoms with Gasteiger partial charge in [-0.25, -0.2) is 0 Å². The Morgan fingerprint density at radius 2 is 1.76 bits per heavy atom. The molecule has 2 aliphatic heterocycles. The van der Waals surface area contributed by atoms with Crippen LogP contribution in [0.1, 0.15) is 25.8 Å². The molecule has 6 heteroatoms. The number of hydrogen-bond acceptors (Lipinski definition) is 4. The van der Waals surface area contributed by atoms with Gasteiger partial charge in [0.1, 0.15) is 0 Å². The van der Waals surface area contributed by atoms with Gasteiger partial charge in [-0.3, -0.25) is 9.69 Å². The Kier molecular flexibility index (Phi) is 7.61. The van der Waals surface area contributed by atoms with Crippen LogP contribution in [0.5, 0.6) is 0 Å². The molecule has 2 aromatic rings. The Morgan fingerprint density at radius 1 is 1.03 bits per heavy atom. The van der Waals surface area contributed by atoms with Crippen molar-refractivity contribution in [3.05, 3.63) is 70.9 Å². The summed E-state index contributed by atoms with van der Waals surface area (Å²) in [5.74, 6) is 0.0104. The van der Waals surface area contributed by atoms with Crippen molar-refractivity contribution < 1.29 is 4.79 Å². The van der Waals surface area contributed by atoms with Crippen molar-refractivity contribution in [2.45, 2.75) is 33.2 Å². The van der Waals surface area contributed by atoms with Crippen LogP contribution in [0.3, 0.4) is 0 Å². The molecule has 1 N–H and O–H groups in total. The van der Waals surface area contributed by atoms with Gasteiger partial charge in [0.15, 0.2) is 0 Å². The Labute approximate surface area is 203 Å². The van der Waals surface area contributed by atoms with E-state index in [1.54, 1.807) is 0 Å².